The molecule has 2 rings (SSSR count). The highest BCUT2D eigenvalue weighted by atomic mass is 16.5. The van der Waals surface area contributed by atoms with Gasteiger partial charge >= 0.3 is 0 Å². The van der Waals surface area contributed by atoms with Crippen molar-refractivity contribution in [2.24, 2.45) is 5.92 Å². The van der Waals surface area contributed by atoms with Gasteiger partial charge in [0.15, 0.2) is 0 Å². The molecule has 0 heterocycles. The highest BCUT2D eigenvalue weighted by molar-refractivity contribution is 5.94. The molecule has 0 saturated heterocycles. The zero-order valence-electron chi connectivity index (χ0n) is 16.0. The predicted molar refractivity (Wildman–Crippen MR) is 105 cm³/mol. The Labute approximate surface area is 156 Å². The number of hydrogen-bond donors (Lipinski definition) is 1. The second-order valence-electron chi connectivity index (χ2n) is 6.66. The van der Waals surface area contributed by atoms with Gasteiger partial charge in [0.05, 0.1) is 13.2 Å². The Balaban J connectivity index is 1.97. The first-order valence-electron chi connectivity index (χ1n) is 9.25. The van der Waals surface area contributed by atoms with E-state index in [9.17, 15) is 4.79 Å². The number of rotatable bonds is 10. The smallest absolute Gasteiger partial charge is 0.251 e. The average Bonchev–Trinajstić information content (AvgIpc) is 2.63. The van der Waals surface area contributed by atoms with Crippen molar-refractivity contribution in [3.8, 4) is 5.75 Å². The number of amides is 1. The van der Waals surface area contributed by atoms with Gasteiger partial charge in [-0.25, -0.2) is 0 Å². The van der Waals surface area contributed by atoms with E-state index in [4.69, 9.17) is 9.47 Å². The summed E-state index contributed by atoms with van der Waals surface area (Å²) in [6, 6.07) is 15.6. The molecule has 0 bridgehead atoms. The van der Waals surface area contributed by atoms with Crippen molar-refractivity contribution in [3.05, 3.63) is 65.2 Å². The molecule has 1 amide bonds. The van der Waals surface area contributed by atoms with Crippen LogP contribution in [-0.2, 0) is 17.8 Å². The lowest BCUT2D eigenvalue weighted by molar-refractivity contribution is 0.0937. The third kappa shape index (κ3) is 6.52. The summed E-state index contributed by atoms with van der Waals surface area (Å²) >= 11 is 0. The van der Waals surface area contributed by atoms with Gasteiger partial charge in [-0.15, -0.1) is 0 Å². The molecule has 4 heteroatoms. The van der Waals surface area contributed by atoms with Crippen LogP contribution >= 0.6 is 0 Å². The summed E-state index contributed by atoms with van der Waals surface area (Å²) in [5, 5.41) is 2.98. The number of ether oxygens (including phenoxy) is 2. The van der Waals surface area contributed by atoms with Crippen molar-refractivity contribution in [2.75, 3.05) is 19.8 Å². The molecular weight excluding hydrogens is 326 g/mol. The quantitative estimate of drug-likeness (QED) is 0.694. The minimum absolute atomic E-state index is 0.0749. The van der Waals surface area contributed by atoms with Crippen LogP contribution in [0, 0.1) is 5.92 Å². The molecule has 4 nitrogen and oxygen atoms in total. The largest absolute Gasteiger partial charge is 0.494 e. The van der Waals surface area contributed by atoms with Crippen molar-refractivity contribution in [2.45, 2.75) is 33.8 Å². The molecule has 1 N–H and O–H groups in total. The Hall–Kier alpha value is -2.33. The second kappa shape index (κ2) is 10.6. The van der Waals surface area contributed by atoms with Crippen molar-refractivity contribution in [1.29, 1.82) is 0 Å². The van der Waals surface area contributed by atoms with E-state index in [1.807, 2.05) is 37.3 Å². The first kappa shape index (κ1) is 20.0. The molecule has 2 aromatic carbocycles. The van der Waals surface area contributed by atoms with E-state index in [0.717, 1.165) is 17.7 Å². The summed E-state index contributed by atoms with van der Waals surface area (Å²) in [7, 11) is 0. The predicted octanol–water partition coefficient (Wildman–Crippen LogP) is 4.23. The number of carbonyl (C=O) groups excluding carboxylic acids is 1. The highest BCUT2D eigenvalue weighted by Gasteiger charge is 2.11. The third-order valence-electron chi connectivity index (χ3n) is 3.87. The summed E-state index contributed by atoms with van der Waals surface area (Å²) in [6.07, 6.45) is 0.813. The van der Waals surface area contributed by atoms with E-state index in [1.54, 1.807) is 6.07 Å². The Morgan fingerprint density at radius 3 is 2.58 bits per heavy atom. The normalized spacial score (nSPS) is 10.8. The number of hydrogen-bond acceptors (Lipinski definition) is 3. The van der Waals surface area contributed by atoms with Crippen molar-refractivity contribution in [1.82, 2.24) is 5.32 Å². The molecule has 0 radical (unpaired) electrons. The molecule has 0 fully saturated rings. The average molecular weight is 355 g/mol. The molecule has 0 unspecified atom stereocenters. The molecule has 0 spiro atoms. The molecule has 140 valence electrons. The van der Waals surface area contributed by atoms with Crippen LogP contribution in [0.2, 0.25) is 0 Å². The summed E-state index contributed by atoms with van der Waals surface area (Å²) in [5.41, 5.74) is 2.75. The topological polar surface area (TPSA) is 47.6 Å². The first-order valence-corrected chi connectivity index (χ1v) is 9.25. The van der Waals surface area contributed by atoms with Crippen LogP contribution < -0.4 is 10.1 Å². The van der Waals surface area contributed by atoms with Gasteiger partial charge in [0.2, 0.25) is 0 Å². The Morgan fingerprint density at radius 1 is 1.12 bits per heavy atom. The fraction of sp³-hybridized carbons (Fsp3) is 0.409. The minimum atomic E-state index is -0.0749. The fourth-order valence-corrected chi connectivity index (χ4v) is 2.60. The Kier molecular flexibility index (Phi) is 8.16. The summed E-state index contributed by atoms with van der Waals surface area (Å²) in [5.74, 6) is 1.17. The molecule has 0 aromatic heterocycles. The maximum Gasteiger partial charge on any atom is 0.251 e. The van der Waals surface area contributed by atoms with E-state index in [-0.39, 0.29) is 5.91 Å². The molecule has 26 heavy (non-hydrogen) atoms. The summed E-state index contributed by atoms with van der Waals surface area (Å²) < 4.78 is 11.4. The molecule has 2 aromatic rings. The lowest BCUT2D eigenvalue weighted by Crippen LogP contribution is -2.25. The van der Waals surface area contributed by atoms with Crippen LogP contribution in [0.1, 0.15) is 42.3 Å². The number of benzene rings is 2. The lowest BCUT2D eigenvalue weighted by Gasteiger charge is -2.13. The molecule has 0 atom stereocenters. The van der Waals surface area contributed by atoms with Gasteiger partial charge in [0, 0.05) is 24.3 Å². The molecule has 0 aliphatic rings. The molecular formula is C22H29NO3. The zero-order valence-corrected chi connectivity index (χ0v) is 16.0. The SMILES string of the molecule is CCOc1ccc(C(=O)NCCc2ccccc2)cc1COCC(C)C. The van der Waals surface area contributed by atoms with E-state index < -0.39 is 0 Å². The van der Waals surface area contributed by atoms with Gasteiger partial charge in [0.1, 0.15) is 5.75 Å². The monoisotopic (exact) mass is 355 g/mol. The van der Waals surface area contributed by atoms with Crippen LogP contribution in [-0.4, -0.2) is 25.7 Å². The van der Waals surface area contributed by atoms with E-state index in [2.05, 4.69) is 31.3 Å². The van der Waals surface area contributed by atoms with E-state index in [0.29, 0.717) is 37.8 Å². The van der Waals surface area contributed by atoms with Crippen molar-refractivity contribution >= 4 is 5.91 Å². The summed E-state index contributed by atoms with van der Waals surface area (Å²) in [6.45, 7) is 8.48. The van der Waals surface area contributed by atoms with Crippen LogP contribution in [0.25, 0.3) is 0 Å². The van der Waals surface area contributed by atoms with Crippen LogP contribution in [0.3, 0.4) is 0 Å². The summed E-state index contributed by atoms with van der Waals surface area (Å²) in [4.78, 5) is 12.4. The van der Waals surface area contributed by atoms with Crippen LogP contribution in [0.15, 0.2) is 48.5 Å². The Bertz CT molecular complexity index is 683. The van der Waals surface area contributed by atoms with E-state index in [1.165, 1.54) is 5.56 Å². The van der Waals surface area contributed by atoms with Gasteiger partial charge in [0.25, 0.3) is 5.91 Å². The first-order chi connectivity index (χ1) is 12.6. The van der Waals surface area contributed by atoms with Gasteiger partial charge in [-0.2, -0.15) is 0 Å². The van der Waals surface area contributed by atoms with Crippen LogP contribution in [0.5, 0.6) is 5.75 Å². The van der Waals surface area contributed by atoms with Crippen molar-refractivity contribution in [3.63, 3.8) is 0 Å². The maximum absolute atomic E-state index is 12.4. The molecule has 0 aliphatic carbocycles. The number of carbonyl (C=O) groups is 1. The van der Waals surface area contributed by atoms with E-state index >= 15 is 0 Å². The fourth-order valence-electron chi connectivity index (χ4n) is 2.60. The maximum atomic E-state index is 12.4. The lowest BCUT2D eigenvalue weighted by atomic mass is 10.1. The van der Waals surface area contributed by atoms with Gasteiger partial charge in [-0.05, 0) is 43.0 Å². The minimum Gasteiger partial charge on any atom is -0.494 e. The Morgan fingerprint density at radius 2 is 1.88 bits per heavy atom. The second-order valence-corrected chi connectivity index (χ2v) is 6.66. The van der Waals surface area contributed by atoms with Crippen LogP contribution in [0.4, 0.5) is 0 Å². The molecule has 0 aliphatic heterocycles. The van der Waals surface area contributed by atoms with Gasteiger partial charge in [-0.1, -0.05) is 44.2 Å². The standard InChI is InChI=1S/C22H29NO3/c1-4-26-21-11-10-19(14-20(21)16-25-15-17(2)3)22(24)23-13-12-18-8-6-5-7-9-18/h5-11,14,17H,4,12-13,15-16H2,1-3H3,(H,23,24). The van der Waals surface area contributed by atoms with Gasteiger partial charge in [-0.3, -0.25) is 4.79 Å². The zero-order chi connectivity index (χ0) is 18.8. The van der Waals surface area contributed by atoms with Gasteiger partial charge < -0.3 is 14.8 Å². The molecule has 0 saturated carbocycles. The number of nitrogens with one attached hydrogen (secondary N) is 1. The van der Waals surface area contributed by atoms with Crippen molar-refractivity contribution < 1.29 is 14.3 Å². The third-order valence-corrected chi connectivity index (χ3v) is 3.87. The highest BCUT2D eigenvalue weighted by Crippen LogP contribution is 2.21.